The van der Waals surface area contributed by atoms with E-state index >= 15 is 0 Å². The Morgan fingerprint density at radius 1 is 1.10 bits per heavy atom. The van der Waals surface area contributed by atoms with Gasteiger partial charge in [-0.25, -0.2) is 0 Å². The Morgan fingerprint density at radius 2 is 1.87 bits per heavy atom. The molecule has 3 heterocycles. The molecule has 0 saturated carbocycles. The number of ether oxygens (including phenoxy) is 2. The number of benzene rings is 1. The van der Waals surface area contributed by atoms with E-state index in [0.29, 0.717) is 11.7 Å². The van der Waals surface area contributed by atoms with E-state index < -0.39 is 0 Å². The third-order valence-corrected chi connectivity index (χ3v) is 6.21. The molecule has 1 N–H and O–H groups in total. The monoisotopic (exact) mass is 436 g/mol. The van der Waals surface area contributed by atoms with Crippen LogP contribution in [0.3, 0.4) is 0 Å². The molecule has 1 aromatic carbocycles. The zero-order chi connectivity index (χ0) is 22.0. The van der Waals surface area contributed by atoms with Crippen LogP contribution in [0.5, 0.6) is 5.75 Å². The molecule has 1 aliphatic rings. The lowest BCUT2D eigenvalue weighted by molar-refractivity contribution is 0.186. The Labute approximate surface area is 188 Å². The predicted octanol–water partition coefficient (Wildman–Crippen LogP) is 4.33. The first-order valence-corrected chi connectivity index (χ1v) is 10.8. The summed E-state index contributed by atoms with van der Waals surface area (Å²) in [6, 6.07) is 16.2. The van der Waals surface area contributed by atoms with Crippen LogP contribution < -0.4 is 15.0 Å². The number of nitrogens with one attached hydrogen (secondary N) is 1. The summed E-state index contributed by atoms with van der Waals surface area (Å²) >= 11 is 5.82. The molecule has 0 spiro atoms. The van der Waals surface area contributed by atoms with Crippen LogP contribution in [-0.4, -0.2) is 35.5 Å². The molecule has 0 aliphatic carbocycles. The molecule has 1 fully saturated rings. The first kappa shape index (κ1) is 21.3. The van der Waals surface area contributed by atoms with E-state index in [-0.39, 0.29) is 12.1 Å². The SMILES string of the molecule is COCCn1c(C)cc([C@@H]2[C@H](c3ccccn3)NC(=S)N2c2ccc(OC)cc2)c1C. The normalized spacial score (nSPS) is 18.3. The topological polar surface area (TPSA) is 51.5 Å². The van der Waals surface area contributed by atoms with Gasteiger partial charge in [-0.15, -0.1) is 0 Å². The summed E-state index contributed by atoms with van der Waals surface area (Å²) in [6.07, 6.45) is 1.83. The van der Waals surface area contributed by atoms with Gasteiger partial charge in [0.15, 0.2) is 5.11 Å². The molecule has 162 valence electrons. The number of hydrogen-bond acceptors (Lipinski definition) is 4. The zero-order valence-electron chi connectivity index (χ0n) is 18.3. The molecule has 2 aromatic heterocycles. The van der Waals surface area contributed by atoms with E-state index in [9.17, 15) is 0 Å². The standard InChI is InChI=1S/C24H28N4O2S/c1-16-15-20(17(2)27(16)13-14-29-3)23-22(21-7-5-6-12-25-21)26-24(31)28(23)18-8-10-19(30-4)11-9-18/h5-12,15,22-23H,13-14H2,1-4H3,(H,26,31)/t22-,23+/m0/s1. The maximum Gasteiger partial charge on any atom is 0.174 e. The van der Waals surface area contributed by atoms with Crippen molar-refractivity contribution in [2.24, 2.45) is 0 Å². The molecular formula is C24H28N4O2S. The van der Waals surface area contributed by atoms with Crippen LogP contribution in [0.4, 0.5) is 5.69 Å². The summed E-state index contributed by atoms with van der Waals surface area (Å²) < 4.78 is 13.0. The van der Waals surface area contributed by atoms with Crippen molar-refractivity contribution in [3.05, 3.63) is 77.4 Å². The van der Waals surface area contributed by atoms with Gasteiger partial charge in [-0.05, 0) is 74.1 Å². The largest absolute Gasteiger partial charge is 0.497 e. The number of aryl methyl sites for hydroxylation is 1. The Bertz CT molecular complexity index is 1050. The van der Waals surface area contributed by atoms with Gasteiger partial charge in [0.2, 0.25) is 0 Å². The molecule has 2 atom stereocenters. The van der Waals surface area contributed by atoms with Crippen molar-refractivity contribution < 1.29 is 9.47 Å². The van der Waals surface area contributed by atoms with Gasteiger partial charge < -0.3 is 24.3 Å². The van der Waals surface area contributed by atoms with Crippen LogP contribution in [-0.2, 0) is 11.3 Å². The Kier molecular flexibility index (Phi) is 6.25. The van der Waals surface area contributed by atoms with Gasteiger partial charge in [-0.2, -0.15) is 0 Å². The first-order valence-electron chi connectivity index (χ1n) is 10.4. The highest BCUT2D eigenvalue weighted by Gasteiger charge is 2.42. The fourth-order valence-electron chi connectivity index (χ4n) is 4.35. The summed E-state index contributed by atoms with van der Waals surface area (Å²) in [5.74, 6) is 0.817. The van der Waals surface area contributed by atoms with Crippen LogP contribution >= 0.6 is 12.2 Å². The van der Waals surface area contributed by atoms with Crippen LogP contribution in [0.25, 0.3) is 0 Å². The van der Waals surface area contributed by atoms with Crippen molar-refractivity contribution in [1.29, 1.82) is 0 Å². The van der Waals surface area contributed by atoms with E-state index in [0.717, 1.165) is 23.7 Å². The number of thiocarbonyl (C=S) groups is 1. The average Bonchev–Trinajstić information content (AvgIpc) is 3.28. The van der Waals surface area contributed by atoms with Gasteiger partial charge in [0, 0.05) is 36.9 Å². The lowest BCUT2D eigenvalue weighted by Crippen LogP contribution is -2.29. The lowest BCUT2D eigenvalue weighted by Gasteiger charge is -2.28. The van der Waals surface area contributed by atoms with Crippen LogP contribution in [0, 0.1) is 13.8 Å². The van der Waals surface area contributed by atoms with Gasteiger partial charge in [0.25, 0.3) is 0 Å². The van der Waals surface area contributed by atoms with Gasteiger partial charge in [-0.1, -0.05) is 6.07 Å². The second-order valence-corrected chi connectivity index (χ2v) is 8.05. The minimum absolute atomic E-state index is 0.0294. The van der Waals surface area contributed by atoms with Crippen molar-refractivity contribution in [3.8, 4) is 5.75 Å². The number of methoxy groups -OCH3 is 2. The second-order valence-electron chi connectivity index (χ2n) is 7.67. The number of pyridine rings is 1. The van der Waals surface area contributed by atoms with Crippen LogP contribution in [0.15, 0.2) is 54.7 Å². The minimum atomic E-state index is -0.0628. The Hall–Kier alpha value is -2.90. The molecule has 0 radical (unpaired) electrons. The van der Waals surface area contributed by atoms with E-state index in [1.54, 1.807) is 14.2 Å². The van der Waals surface area contributed by atoms with E-state index in [1.165, 1.54) is 17.0 Å². The first-order chi connectivity index (χ1) is 15.0. The third kappa shape index (κ3) is 4.03. The van der Waals surface area contributed by atoms with E-state index in [4.69, 9.17) is 21.7 Å². The number of anilines is 1. The van der Waals surface area contributed by atoms with E-state index in [2.05, 4.69) is 45.7 Å². The fourth-order valence-corrected chi connectivity index (χ4v) is 4.69. The molecule has 3 aromatic rings. The molecule has 1 saturated heterocycles. The molecule has 0 bridgehead atoms. The quantitative estimate of drug-likeness (QED) is 0.557. The number of aromatic nitrogens is 2. The summed E-state index contributed by atoms with van der Waals surface area (Å²) in [4.78, 5) is 6.83. The molecule has 0 unspecified atom stereocenters. The Balaban J connectivity index is 1.82. The maximum atomic E-state index is 5.82. The highest BCUT2D eigenvalue weighted by Crippen LogP contribution is 2.43. The Morgan fingerprint density at radius 3 is 2.52 bits per heavy atom. The fraction of sp³-hybridized carbons (Fsp3) is 0.333. The molecule has 7 heteroatoms. The number of nitrogens with zero attached hydrogens (tertiary/aromatic N) is 3. The van der Waals surface area contributed by atoms with E-state index in [1.807, 2.05) is 42.6 Å². The summed E-state index contributed by atoms with van der Waals surface area (Å²) in [5, 5.41) is 4.21. The number of rotatable bonds is 7. The highest BCUT2D eigenvalue weighted by atomic mass is 32.1. The smallest absolute Gasteiger partial charge is 0.174 e. The molecule has 6 nitrogen and oxygen atoms in total. The second kappa shape index (κ2) is 9.08. The molecule has 1 aliphatic heterocycles. The lowest BCUT2D eigenvalue weighted by atomic mass is 9.96. The molecule has 0 amide bonds. The zero-order valence-corrected chi connectivity index (χ0v) is 19.1. The van der Waals surface area contributed by atoms with Crippen molar-refractivity contribution >= 4 is 23.0 Å². The maximum absolute atomic E-state index is 5.82. The molecule has 4 rings (SSSR count). The van der Waals surface area contributed by atoms with Gasteiger partial charge in [0.05, 0.1) is 31.5 Å². The summed E-state index contributed by atoms with van der Waals surface area (Å²) in [5.41, 5.74) is 5.63. The van der Waals surface area contributed by atoms with Crippen molar-refractivity contribution in [3.63, 3.8) is 0 Å². The number of hydrogen-bond donors (Lipinski definition) is 1. The molecular weight excluding hydrogens is 408 g/mol. The third-order valence-electron chi connectivity index (χ3n) is 5.90. The van der Waals surface area contributed by atoms with Crippen LogP contribution in [0.2, 0.25) is 0 Å². The van der Waals surface area contributed by atoms with Crippen molar-refractivity contribution in [1.82, 2.24) is 14.9 Å². The molecule has 31 heavy (non-hydrogen) atoms. The average molecular weight is 437 g/mol. The highest BCUT2D eigenvalue weighted by molar-refractivity contribution is 7.80. The van der Waals surface area contributed by atoms with Gasteiger partial charge >= 0.3 is 0 Å². The van der Waals surface area contributed by atoms with Crippen LogP contribution in [0.1, 0.15) is 34.7 Å². The minimum Gasteiger partial charge on any atom is -0.497 e. The summed E-state index contributed by atoms with van der Waals surface area (Å²) in [7, 11) is 3.41. The predicted molar refractivity (Wildman–Crippen MR) is 127 cm³/mol. The van der Waals surface area contributed by atoms with Crippen molar-refractivity contribution in [2.75, 3.05) is 25.7 Å². The van der Waals surface area contributed by atoms with Crippen molar-refractivity contribution in [2.45, 2.75) is 32.5 Å². The van der Waals surface area contributed by atoms with Gasteiger partial charge in [0.1, 0.15) is 5.75 Å². The van der Waals surface area contributed by atoms with Gasteiger partial charge in [-0.3, -0.25) is 4.98 Å². The summed E-state index contributed by atoms with van der Waals surface area (Å²) in [6.45, 7) is 5.79.